The second kappa shape index (κ2) is 10.4. The first kappa shape index (κ1) is 20.1. The van der Waals surface area contributed by atoms with E-state index < -0.39 is 6.04 Å². The Morgan fingerprint density at radius 1 is 0.356 bits per heavy atom. The van der Waals surface area contributed by atoms with E-state index in [0.717, 1.165) is 54.9 Å². The van der Waals surface area contributed by atoms with Gasteiger partial charge in [0.1, 0.15) is 11.2 Å². The molecule has 0 spiro atoms. The third-order valence-corrected chi connectivity index (χ3v) is 8.66. The van der Waals surface area contributed by atoms with Crippen LogP contribution in [-0.4, -0.2) is 0 Å². The van der Waals surface area contributed by atoms with Crippen molar-refractivity contribution in [3.8, 4) is 44.5 Å². The van der Waals surface area contributed by atoms with Crippen LogP contribution in [0.5, 0.6) is 0 Å². The molecule has 0 bridgehead atoms. The molecule has 0 saturated carbocycles. The van der Waals surface area contributed by atoms with E-state index in [2.05, 4.69) is 60.7 Å². The number of hydrogen-bond acceptors (Lipinski definition) is 1. The Bertz CT molecular complexity index is 2800. The first-order valence-corrected chi connectivity index (χ1v) is 15.0. The Hall–Kier alpha value is -5.92. The molecule has 1 heteroatoms. The zero-order valence-corrected chi connectivity index (χ0v) is 24.1. The van der Waals surface area contributed by atoms with Crippen LogP contribution in [0.25, 0.3) is 88.0 Å². The molecule has 0 aliphatic heterocycles. The minimum Gasteiger partial charge on any atom is -0.456 e. The third-order valence-electron chi connectivity index (χ3n) is 8.66. The van der Waals surface area contributed by atoms with E-state index in [0.29, 0.717) is 16.5 Å². The van der Waals surface area contributed by atoms with Crippen LogP contribution in [-0.2, 0) is 0 Å². The van der Waals surface area contributed by atoms with Gasteiger partial charge >= 0.3 is 0 Å². The fourth-order valence-corrected chi connectivity index (χ4v) is 6.79. The topological polar surface area (TPSA) is 13.1 Å². The van der Waals surface area contributed by atoms with Gasteiger partial charge in [0, 0.05) is 16.3 Å². The highest BCUT2D eigenvalue weighted by Gasteiger charge is 2.23. The summed E-state index contributed by atoms with van der Waals surface area (Å²) in [6.45, 7) is 0. The number of fused-ring (bicyclic) bond motifs is 5. The SMILES string of the molecule is [2H]c1c([2H])c([2H])c2c(oc3c([2H])c([2H])c(-c4c5ccccc5c(-c5ccccc5-c5ccccc5)c5ccccc45)c(-c4ccccc4)c32)c1[2H]. The number of hydrogen-bond donors (Lipinski definition) is 0. The van der Waals surface area contributed by atoms with Crippen molar-refractivity contribution < 1.29 is 12.6 Å². The maximum absolute atomic E-state index is 9.67. The maximum atomic E-state index is 9.67. The van der Waals surface area contributed by atoms with Crippen molar-refractivity contribution in [1.82, 2.24) is 0 Å². The van der Waals surface area contributed by atoms with Gasteiger partial charge in [-0.05, 0) is 78.6 Å². The van der Waals surface area contributed by atoms with Crippen LogP contribution in [0.3, 0.4) is 0 Å². The summed E-state index contributed by atoms with van der Waals surface area (Å²) in [5, 5.41) is 4.36. The molecule has 1 heterocycles. The largest absolute Gasteiger partial charge is 0.456 e. The molecule has 45 heavy (non-hydrogen) atoms. The second-order valence-corrected chi connectivity index (χ2v) is 11.1. The Kier molecular flexibility index (Phi) is 4.63. The predicted molar refractivity (Wildman–Crippen MR) is 190 cm³/mol. The first-order valence-electron chi connectivity index (χ1n) is 18.0. The highest BCUT2D eigenvalue weighted by molar-refractivity contribution is 6.25. The quantitative estimate of drug-likeness (QED) is 0.189. The molecule has 0 saturated heterocycles. The van der Waals surface area contributed by atoms with E-state index in [-0.39, 0.29) is 46.8 Å². The molecule has 0 aliphatic carbocycles. The van der Waals surface area contributed by atoms with Gasteiger partial charge in [-0.3, -0.25) is 0 Å². The molecule has 0 amide bonds. The smallest absolute Gasteiger partial charge is 0.136 e. The van der Waals surface area contributed by atoms with Crippen molar-refractivity contribution in [2.24, 2.45) is 0 Å². The average Bonchev–Trinajstić information content (AvgIpc) is 3.58. The summed E-state index contributed by atoms with van der Waals surface area (Å²) in [5.74, 6) is 0. The highest BCUT2D eigenvalue weighted by Crippen LogP contribution is 2.50. The number of para-hydroxylation sites is 1. The van der Waals surface area contributed by atoms with Gasteiger partial charge < -0.3 is 4.42 Å². The van der Waals surface area contributed by atoms with E-state index in [4.69, 9.17) is 9.90 Å². The lowest BCUT2D eigenvalue weighted by Gasteiger charge is -2.21. The summed E-state index contributed by atoms with van der Waals surface area (Å²) < 4.78 is 59.7. The van der Waals surface area contributed by atoms with Crippen LogP contribution in [0, 0.1) is 0 Å². The van der Waals surface area contributed by atoms with Crippen LogP contribution >= 0.6 is 0 Å². The van der Waals surface area contributed by atoms with Gasteiger partial charge in [0.2, 0.25) is 0 Å². The van der Waals surface area contributed by atoms with Crippen LogP contribution in [0.2, 0.25) is 0 Å². The van der Waals surface area contributed by atoms with Crippen molar-refractivity contribution >= 4 is 43.5 Å². The van der Waals surface area contributed by atoms with Crippen molar-refractivity contribution in [1.29, 1.82) is 0 Å². The van der Waals surface area contributed by atoms with Crippen molar-refractivity contribution in [2.45, 2.75) is 0 Å². The Morgan fingerprint density at radius 3 is 1.51 bits per heavy atom. The van der Waals surface area contributed by atoms with Gasteiger partial charge in [-0.1, -0.05) is 152 Å². The van der Waals surface area contributed by atoms with E-state index in [1.807, 2.05) is 72.8 Å². The minimum atomic E-state index is -0.408. The summed E-state index contributed by atoms with van der Waals surface area (Å²) in [5.41, 5.74) is 6.98. The molecule has 0 unspecified atom stereocenters. The molecular formula is C44H28O. The molecule has 9 aromatic rings. The Morgan fingerprint density at radius 2 is 0.867 bits per heavy atom. The van der Waals surface area contributed by atoms with Crippen molar-refractivity contribution in [2.75, 3.05) is 0 Å². The number of rotatable bonds is 4. The summed E-state index contributed by atoms with van der Waals surface area (Å²) in [7, 11) is 0. The van der Waals surface area contributed by atoms with E-state index in [9.17, 15) is 2.74 Å². The highest BCUT2D eigenvalue weighted by atomic mass is 16.3. The normalized spacial score (nSPS) is 13.4. The monoisotopic (exact) mass is 578 g/mol. The van der Waals surface area contributed by atoms with Crippen LogP contribution in [0.15, 0.2) is 174 Å². The lowest BCUT2D eigenvalue weighted by atomic mass is 9.81. The predicted octanol–water partition coefficient (Wildman–Crippen LogP) is 12.6. The second-order valence-electron chi connectivity index (χ2n) is 11.1. The van der Waals surface area contributed by atoms with Gasteiger partial charge in [-0.2, -0.15) is 0 Å². The molecule has 9 rings (SSSR count). The molecule has 0 N–H and O–H groups in total. The fourth-order valence-electron chi connectivity index (χ4n) is 6.79. The number of furan rings is 1. The summed E-state index contributed by atoms with van der Waals surface area (Å²) in [4.78, 5) is 0. The molecule has 1 aromatic heterocycles. The zero-order chi connectivity index (χ0) is 35.0. The van der Waals surface area contributed by atoms with Gasteiger partial charge in [-0.15, -0.1) is 0 Å². The summed E-state index contributed by atoms with van der Waals surface area (Å²) in [6, 6.07) is 43.1. The first-order chi connectivity index (χ1) is 24.9. The molecule has 1 nitrogen and oxygen atoms in total. The van der Waals surface area contributed by atoms with Crippen LogP contribution < -0.4 is 0 Å². The molecular weight excluding hydrogens is 544 g/mol. The lowest BCUT2D eigenvalue weighted by Crippen LogP contribution is -1.94. The molecule has 0 fully saturated rings. The zero-order valence-electron chi connectivity index (χ0n) is 30.1. The Labute approximate surface area is 270 Å². The summed E-state index contributed by atoms with van der Waals surface area (Å²) >= 11 is 0. The van der Waals surface area contributed by atoms with E-state index in [1.54, 1.807) is 0 Å². The number of benzene rings is 8. The molecule has 8 aromatic carbocycles. The van der Waals surface area contributed by atoms with E-state index in [1.165, 1.54) is 0 Å². The van der Waals surface area contributed by atoms with Gasteiger partial charge in [0.15, 0.2) is 0 Å². The van der Waals surface area contributed by atoms with Gasteiger partial charge in [-0.25, -0.2) is 0 Å². The molecule has 0 atom stereocenters. The Balaban J connectivity index is 1.51. The van der Waals surface area contributed by atoms with Gasteiger partial charge in [0.05, 0.1) is 8.22 Å². The van der Waals surface area contributed by atoms with Gasteiger partial charge in [0.25, 0.3) is 0 Å². The van der Waals surface area contributed by atoms with Crippen molar-refractivity contribution in [3.63, 3.8) is 0 Å². The standard InChI is InChI=1S/C44H28O/c1-3-15-29(16-4-1)31-19-7-8-20-32(31)42-33-21-9-11-23-35(33)43(36-24-12-10-22-34(36)42)38-27-28-40-44(37-25-13-14-26-39(37)45-40)41(38)30-17-5-2-6-18-30/h1-28H/i13D,14D,25D,26D,27D,28D. The summed E-state index contributed by atoms with van der Waals surface area (Å²) in [6.07, 6.45) is 0. The van der Waals surface area contributed by atoms with Crippen LogP contribution in [0.1, 0.15) is 8.22 Å². The minimum absolute atomic E-state index is 0.0270. The van der Waals surface area contributed by atoms with Crippen LogP contribution in [0.4, 0.5) is 0 Å². The molecule has 0 radical (unpaired) electrons. The fraction of sp³-hybridized carbons (Fsp3) is 0. The van der Waals surface area contributed by atoms with E-state index >= 15 is 0 Å². The van der Waals surface area contributed by atoms with Crippen molar-refractivity contribution in [3.05, 3.63) is 170 Å². The molecule has 210 valence electrons. The molecule has 0 aliphatic rings. The third kappa shape index (κ3) is 4.02. The lowest BCUT2D eigenvalue weighted by molar-refractivity contribution is 0.669. The average molecular weight is 579 g/mol. The maximum Gasteiger partial charge on any atom is 0.136 e.